The standard InChI is InChI=1S/C14H17NO3/c1-16-13-6-11(7-14(8-13)17-2)9-15-10-12-4-3-5-18-12/h3-8,15H,9-10H2,1-2H3/p+1. The summed E-state index contributed by atoms with van der Waals surface area (Å²) in [5.41, 5.74) is 1.16. The Morgan fingerprint density at radius 1 is 1.06 bits per heavy atom. The number of rotatable bonds is 6. The molecule has 1 aromatic carbocycles. The Balaban J connectivity index is 1.95. The molecule has 2 aromatic rings. The molecule has 1 aromatic heterocycles. The van der Waals surface area contributed by atoms with Crippen LogP contribution in [0.25, 0.3) is 0 Å². The lowest BCUT2D eigenvalue weighted by Gasteiger charge is -2.07. The van der Waals surface area contributed by atoms with Crippen LogP contribution in [0.4, 0.5) is 0 Å². The monoisotopic (exact) mass is 248 g/mol. The van der Waals surface area contributed by atoms with Crippen LogP contribution >= 0.6 is 0 Å². The van der Waals surface area contributed by atoms with E-state index in [-0.39, 0.29) is 0 Å². The Kier molecular flexibility index (Phi) is 4.25. The van der Waals surface area contributed by atoms with Crippen molar-refractivity contribution in [1.29, 1.82) is 0 Å². The van der Waals surface area contributed by atoms with Gasteiger partial charge < -0.3 is 19.2 Å². The van der Waals surface area contributed by atoms with Gasteiger partial charge in [-0.3, -0.25) is 0 Å². The summed E-state index contributed by atoms with van der Waals surface area (Å²) in [5.74, 6) is 2.61. The van der Waals surface area contributed by atoms with Gasteiger partial charge in [-0.15, -0.1) is 0 Å². The lowest BCUT2D eigenvalue weighted by molar-refractivity contribution is -0.688. The van der Waals surface area contributed by atoms with Crippen LogP contribution < -0.4 is 14.8 Å². The summed E-state index contributed by atoms with van der Waals surface area (Å²) in [4.78, 5) is 0. The number of quaternary nitrogens is 1. The van der Waals surface area contributed by atoms with E-state index in [9.17, 15) is 0 Å². The van der Waals surface area contributed by atoms with Gasteiger partial charge in [0.05, 0.1) is 20.5 Å². The fourth-order valence-electron chi connectivity index (χ4n) is 1.79. The second-order valence-electron chi connectivity index (χ2n) is 4.00. The third-order valence-corrected chi connectivity index (χ3v) is 2.72. The second kappa shape index (κ2) is 6.12. The van der Waals surface area contributed by atoms with Crippen molar-refractivity contribution in [3.63, 3.8) is 0 Å². The molecule has 0 saturated heterocycles. The molecule has 2 rings (SSSR count). The number of benzene rings is 1. The maximum atomic E-state index is 5.28. The van der Waals surface area contributed by atoms with Gasteiger partial charge in [-0.05, 0) is 24.3 Å². The average Bonchev–Trinajstić information content (AvgIpc) is 2.91. The number of hydrogen-bond donors (Lipinski definition) is 1. The molecule has 0 spiro atoms. The van der Waals surface area contributed by atoms with Gasteiger partial charge in [-0.2, -0.15) is 0 Å². The number of methoxy groups -OCH3 is 2. The van der Waals surface area contributed by atoms with E-state index in [4.69, 9.17) is 13.9 Å². The van der Waals surface area contributed by atoms with E-state index in [1.807, 2.05) is 30.3 Å². The van der Waals surface area contributed by atoms with E-state index in [0.29, 0.717) is 0 Å². The Morgan fingerprint density at radius 2 is 1.78 bits per heavy atom. The number of hydrogen-bond acceptors (Lipinski definition) is 3. The number of furan rings is 1. The predicted octanol–water partition coefficient (Wildman–Crippen LogP) is 1.56. The molecule has 0 radical (unpaired) electrons. The average molecular weight is 248 g/mol. The molecule has 0 aliphatic rings. The lowest BCUT2D eigenvalue weighted by atomic mass is 10.2. The van der Waals surface area contributed by atoms with Crippen LogP contribution in [0, 0.1) is 0 Å². The fourth-order valence-corrected chi connectivity index (χ4v) is 1.79. The highest BCUT2D eigenvalue weighted by atomic mass is 16.5. The van der Waals surface area contributed by atoms with E-state index in [1.54, 1.807) is 20.5 Å². The van der Waals surface area contributed by atoms with E-state index in [1.165, 1.54) is 0 Å². The van der Waals surface area contributed by atoms with Gasteiger partial charge in [0.2, 0.25) is 0 Å². The molecule has 0 saturated carbocycles. The molecule has 2 N–H and O–H groups in total. The molecule has 4 nitrogen and oxygen atoms in total. The first kappa shape index (κ1) is 12.5. The highest BCUT2D eigenvalue weighted by molar-refractivity contribution is 5.37. The van der Waals surface area contributed by atoms with Crippen molar-refractivity contribution in [1.82, 2.24) is 0 Å². The summed E-state index contributed by atoms with van der Waals surface area (Å²) in [5, 5.41) is 2.17. The molecule has 0 amide bonds. The molecule has 1 heterocycles. The molecule has 0 aliphatic carbocycles. The summed E-state index contributed by atoms with van der Waals surface area (Å²) in [6.07, 6.45) is 1.69. The van der Waals surface area contributed by atoms with Crippen molar-refractivity contribution >= 4 is 0 Å². The summed E-state index contributed by atoms with van der Waals surface area (Å²) in [6.45, 7) is 1.68. The zero-order valence-electron chi connectivity index (χ0n) is 10.7. The minimum absolute atomic E-state index is 0.816. The van der Waals surface area contributed by atoms with Crippen LogP contribution in [0.3, 0.4) is 0 Å². The molecular formula is C14H18NO3+. The molecule has 0 bridgehead atoms. The quantitative estimate of drug-likeness (QED) is 0.844. The minimum atomic E-state index is 0.816. The first-order valence-corrected chi connectivity index (χ1v) is 5.88. The van der Waals surface area contributed by atoms with Gasteiger partial charge in [0.15, 0.2) is 5.76 Å². The summed E-state index contributed by atoms with van der Waals surface area (Å²) in [7, 11) is 3.32. The summed E-state index contributed by atoms with van der Waals surface area (Å²) < 4.78 is 15.8. The normalized spacial score (nSPS) is 10.3. The van der Waals surface area contributed by atoms with E-state index < -0.39 is 0 Å². The summed E-state index contributed by atoms with van der Waals surface area (Å²) in [6, 6.07) is 9.78. The number of ether oxygens (including phenoxy) is 2. The van der Waals surface area contributed by atoms with Gasteiger partial charge in [0.25, 0.3) is 0 Å². The Hall–Kier alpha value is -1.94. The molecule has 18 heavy (non-hydrogen) atoms. The Bertz CT molecular complexity index is 458. The van der Waals surface area contributed by atoms with Crippen molar-refractivity contribution in [2.45, 2.75) is 13.1 Å². The van der Waals surface area contributed by atoms with Crippen LogP contribution in [-0.4, -0.2) is 14.2 Å². The Morgan fingerprint density at radius 3 is 2.33 bits per heavy atom. The van der Waals surface area contributed by atoms with Crippen molar-refractivity contribution in [3.05, 3.63) is 47.9 Å². The molecule has 96 valence electrons. The van der Waals surface area contributed by atoms with Crippen LogP contribution in [0.15, 0.2) is 41.0 Å². The summed E-state index contributed by atoms with van der Waals surface area (Å²) >= 11 is 0. The van der Waals surface area contributed by atoms with Crippen LogP contribution in [0.1, 0.15) is 11.3 Å². The topological polar surface area (TPSA) is 48.2 Å². The largest absolute Gasteiger partial charge is 0.497 e. The number of nitrogens with two attached hydrogens (primary N) is 1. The second-order valence-corrected chi connectivity index (χ2v) is 4.00. The van der Waals surface area contributed by atoms with Gasteiger partial charge in [0.1, 0.15) is 24.6 Å². The van der Waals surface area contributed by atoms with Crippen molar-refractivity contribution in [3.8, 4) is 11.5 Å². The van der Waals surface area contributed by atoms with Crippen molar-refractivity contribution in [2.75, 3.05) is 14.2 Å². The molecule has 0 aliphatic heterocycles. The zero-order chi connectivity index (χ0) is 12.8. The van der Waals surface area contributed by atoms with Gasteiger partial charge in [-0.1, -0.05) is 0 Å². The van der Waals surface area contributed by atoms with E-state index in [0.717, 1.165) is 35.9 Å². The van der Waals surface area contributed by atoms with Crippen LogP contribution in [0.2, 0.25) is 0 Å². The lowest BCUT2D eigenvalue weighted by Crippen LogP contribution is -2.80. The Labute approximate surface area is 107 Å². The third kappa shape index (κ3) is 3.28. The fraction of sp³-hybridized carbons (Fsp3) is 0.286. The van der Waals surface area contributed by atoms with E-state index in [2.05, 4.69) is 5.32 Å². The maximum absolute atomic E-state index is 5.28. The van der Waals surface area contributed by atoms with E-state index >= 15 is 0 Å². The molecule has 4 heteroatoms. The van der Waals surface area contributed by atoms with Gasteiger partial charge >= 0.3 is 0 Å². The van der Waals surface area contributed by atoms with Crippen LogP contribution in [0.5, 0.6) is 11.5 Å². The first-order valence-electron chi connectivity index (χ1n) is 5.88. The predicted molar refractivity (Wildman–Crippen MR) is 67.6 cm³/mol. The van der Waals surface area contributed by atoms with Gasteiger partial charge in [-0.25, -0.2) is 0 Å². The highest BCUT2D eigenvalue weighted by Crippen LogP contribution is 2.21. The minimum Gasteiger partial charge on any atom is -0.497 e. The smallest absolute Gasteiger partial charge is 0.157 e. The highest BCUT2D eigenvalue weighted by Gasteiger charge is 2.04. The molecule has 0 atom stereocenters. The van der Waals surface area contributed by atoms with Crippen molar-refractivity contribution < 1.29 is 19.2 Å². The third-order valence-electron chi connectivity index (χ3n) is 2.72. The SMILES string of the molecule is COc1cc(C[NH2+]Cc2ccco2)cc(OC)c1. The molecule has 0 fully saturated rings. The molecule has 0 unspecified atom stereocenters. The zero-order valence-corrected chi connectivity index (χ0v) is 10.7. The first-order chi connectivity index (χ1) is 8.81. The van der Waals surface area contributed by atoms with Crippen LogP contribution in [-0.2, 0) is 13.1 Å². The van der Waals surface area contributed by atoms with Gasteiger partial charge in [0, 0.05) is 11.6 Å². The van der Waals surface area contributed by atoms with Crippen molar-refractivity contribution in [2.24, 2.45) is 0 Å². The maximum Gasteiger partial charge on any atom is 0.157 e. The molecular weight excluding hydrogens is 230 g/mol.